The lowest BCUT2D eigenvalue weighted by Gasteiger charge is -2.35. The maximum atomic E-state index is 12.5. The van der Waals surface area contributed by atoms with Crippen LogP contribution in [0, 0.1) is 11.8 Å². The van der Waals surface area contributed by atoms with Gasteiger partial charge in [-0.15, -0.1) is 0 Å². The van der Waals surface area contributed by atoms with E-state index >= 15 is 0 Å². The number of piperidine rings is 2. The topological polar surface area (TPSA) is 61.4 Å². The van der Waals surface area contributed by atoms with Gasteiger partial charge >= 0.3 is 0 Å². The number of nitrogens with zero attached hydrogens (tertiary/aromatic N) is 1. The zero-order valence-electron chi connectivity index (χ0n) is 14.2. The molecule has 130 valence electrons. The molecule has 2 amide bonds. The molecule has 2 heterocycles. The number of carbonyl (C=O) groups excluding carboxylic acids is 2. The second kappa shape index (κ2) is 8.13. The minimum atomic E-state index is 0.106. The molecular formula is C18H31N3O2. The van der Waals surface area contributed by atoms with E-state index in [1.807, 2.05) is 4.90 Å². The summed E-state index contributed by atoms with van der Waals surface area (Å²) in [5.74, 6) is 0.848. The van der Waals surface area contributed by atoms with Crippen molar-refractivity contribution < 1.29 is 9.59 Å². The van der Waals surface area contributed by atoms with Gasteiger partial charge in [0, 0.05) is 31.0 Å². The minimum absolute atomic E-state index is 0.106. The molecule has 0 bridgehead atoms. The van der Waals surface area contributed by atoms with E-state index in [0.29, 0.717) is 11.9 Å². The molecule has 0 spiro atoms. The van der Waals surface area contributed by atoms with Crippen molar-refractivity contribution >= 4 is 11.8 Å². The lowest BCUT2D eigenvalue weighted by Crippen LogP contribution is -2.48. The van der Waals surface area contributed by atoms with Gasteiger partial charge in [0.15, 0.2) is 0 Å². The Labute approximate surface area is 139 Å². The van der Waals surface area contributed by atoms with Crippen LogP contribution in [0.4, 0.5) is 0 Å². The molecule has 0 unspecified atom stereocenters. The fourth-order valence-corrected chi connectivity index (χ4v) is 4.26. The first-order chi connectivity index (χ1) is 11.2. The van der Waals surface area contributed by atoms with E-state index in [1.165, 1.54) is 19.3 Å². The van der Waals surface area contributed by atoms with Crippen molar-refractivity contribution in [3.05, 3.63) is 0 Å². The van der Waals surface area contributed by atoms with Crippen LogP contribution in [-0.4, -0.2) is 48.9 Å². The summed E-state index contributed by atoms with van der Waals surface area (Å²) < 4.78 is 0. The van der Waals surface area contributed by atoms with Crippen LogP contribution in [-0.2, 0) is 9.59 Å². The largest absolute Gasteiger partial charge is 0.353 e. The molecule has 0 aromatic carbocycles. The number of carbonyl (C=O) groups is 2. The number of amides is 2. The number of nitrogens with one attached hydrogen (secondary N) is 2. The molecule has 5 nitrogen and oxygen atoms in total. The van der Waals surface area contributed by atoms with E-state index in [-0.39, 0.29) is 17.7 Å². The van der Waals surface area contributed by atoms with Gasteiger partial charge in [0.1, 0.15) is 0 Å². The van der Waals surface area contributed by atoms with Crippen LogP contribution in [0.2, 0.25) is 0 Å². The van der Waals surface area contributed by atoms with Crippen molar-refractivity contribution in [2.45, 2.75) is 63.8 Å². The molecular weight excluding hydrogens is 290 g/mol. The summed E-state index contributed by atoms with van der Waals surface area (Å²) in [5.41, 5.74) is 0. The Kier molecular flexibility index (Phi) is 5.92. The van der Waals surface area contributed by atoms with Gasteiger partial charge in [-0.1, -0.05) is 19.3 Å². The van der Waals surface area contributed by atoms with Crippen LogP contribution in [0.25, 0.3) is 0 Å². The number of likely N-dealkylation sites (tertiary alicyclic amines) is 1. The zero-order valence-corrected chi connectivity index (χ0v) is 14.2. The molecule has 5 heteroatoms. The van der Waals surface area contributed by atoms with E-state index in [4.69, 9.17) is 0 Å². The summed E-state index contributed by atoms with van der Waals surface area (Å²) in [5, 5.41) is 6.55. The quantitative estimate of drug-likeness (QED) is 0.831. The summed E-state index contributed by atoms with van der Waals surface area (Å²) in [6.07, 6.45) is 9.65. The first-order valence-corrected chi connectivity index (χ1v) is 9.54. The smallest absolute Gasteiger partial charge is 0.225 e. The summed E-state index contributed by atoms with van der Waals surface area (Å²) in [7, 11) is 0. The molecule has 3 rings (SSSR count). The molecule has 2 N–H and O–H groups in total. The van der Waals surface area contributed by atoms with Crippen molar-refractivity contribution in [3.8, 4) is 0 Å². The molecule has 1 aliphatic carbocycles. The van der Waals surface area contributed by atoms with Gasteiger partial charge in [-0.25, -0.2) is 0 Å². The summed E-state index contributed by atoms with van der Waals surface area (Å²) in [6, 6.07) is 0.394. The first kappa shape index (κ1) is 16.7. The number of hydrogen-bond acceptors (Lipinski definition) is 3. The maximum absolute atomic E-state index is 12.5. The second-order valence-electron chi connectivity index (χ2n) is 7.47. The van der Waals surface area contributed by atoms with Gasteiger partial charge in [0.05, 0.1) is 0 Å². The zero-order chi connectivity index (χ0) is 16.1. The monoisotopic (exact) mass is 321 g/mol. The van der Waals surface area contributed by atoms with Gasteiger partial charge in [-0.05, 0) is 51.6 Å². The molecule has 0 radical (unpaired) electrons. The van der Waals surface area contributed by atoms with E-state index in [0.717, 1.165) is 64.7 Å². The Balaban J connectivity index is 1.42. The predicted molar refractivity (Wildman–Crippen MR) is 89.9 cm³/mol. The molecule has 1 saturated carbocycles. The Morgan fingerprint density at radius 1 is 0.826 bits per heavy atom. The van der Waals surface area contributed by atoms with Gasteiger partial charge in [-0.2, -0.15) is 0 Å². The molecule has 2 saturated heterocycles. The Morgan fingerprint density at radius 3 is 2.13 bits per heavy atom. The Hall–Kier alpha value is -1.10. The fourth-order valence-electron chi connectivity index (χ4n) is 4.26. The van der Waals surface area contributed by atoms with Crippen molar-refractivity contribution in [3.63, 3.8) is 0 Å². The first-order valence-electron chi connectivity index (χ1n) is 9.54. The van der Waals surface area contributed by atoms with Gasteiger partial charge in [0.2, 0.25) is 11.8 Å². The van der Waals surface area contributed by atoms with E-state index in [1.54, 1.807) is 0 Å². The molecule has 0 atom stereocenters. The van der Waals surface area contributed by atoms with Crippen LogP contribution >= 0.6 is 0 Å². The standard InChI is InChI=1S/C18H31N3O2/c22-17(20-16-4-2-1-3-5-16)14-8-12-21(13-9-14)18(23)15-6-10-19-11-7-15/h14-16,19H,1-13H2,(H,20,22). The highest BCUT2D eigenvalue weighted by molar-refractivity contribution is 5.81. The van der Waals surface area contributed by atoms with Crippen molar-refractivity contribution in [1.29, 1.82) is 0 Å². The molecule has 23 heavy (non-hydrogen) atoms. The van der Waals surface area contributed by atoms with Crippen molar-refractivity contribution in [2.24, 2.45) is 11.8 Å². The van der Waals surface area contributed by atoms with Gasteiger partial charge < -0.3 is 15.5 Å². The maximum Gasteiger partial charge on any atom is 0.225 e. The van der Waals surface area contributed by atoms with Crippen molar-refractivity contribution in [2.75, 3.05) is 26.2 Å². The molecule has 3 aliphatic rings. The van der Waals surface area contributed by atoms with E-state index < -0.39 is 0 Å². The van der Waals surface area contributed by atoms with Crippen LogP contribution in [0.1, 0.15) is 57.8 Å². The van der Waals surface area contributed by atoms with Crippen LogP contribution in [0.5, 0.6) is 0 Å². The Morgan fingerprint density at radius 2 is 1.48 bits per heavy atom. The lowest BCUT2D eigenvalue weighted by molar-refractivity contribution is -0.140. The SMILES string of the molecule is O=C(NC1CCCCC1)C1CCN(C(=O)C2CCNCC2)CC1. The van der Waals surface area contributed by atoms with E-state index in [2.05, 4.69) is 10.6 Å². The van der Waals surface area contributed by atoms with Gasteiger partial charge in [-0.3, -0.25) is 9.59 Å². The third kappa shape index (κ3) is 4.46. The van der Waals surface area contributed by atoms with Gasteiger partial charge in [0.25, 0.3) is 0 Å². The summed E-state index contributed by atoms with van der Waals surface area (Å²) >= 11 is 0. The summed E-state index contributed by atoms with van der Waals surface area (Å²) in [4.78, 5) is 27.0. The predicted octanol–water partition coefficient (Wildman–Crippen LogP) is 1.67. The molecule has 3 fully saturated rings. The fraction of sp³-hybridized carbons (Fsp3) is 0.889. The molecule has 0 aromatic heterocycles. The van der Waals surface area contributed by atoms with Crippen LogP contribution in [0.15, 0.2) is 0 Å². The summed E-state index contributed by atoms with van der Waals surface area (Å²) in [6.45, 7) is 3.42. The molecule has 2 aliphatic heterocycles. The minimum Gasteiger partial charge on any atom is -0.353 e. The highest BCUT2D eigenvalue weighted by Crippen LogP contribution is 2.23. The molecule has 0 aromatic rings. The van der Waals surface area contributed by atoms with E-state index in [9.17, 15) is 9.59 Å². The number of hydrogen-bond donors (Lipinski definition) is 2. The average molecular weight is 321 g/mol. The highest BCUT2D eigenvalue weighted by atomic mass is 16.2. The third-order valence-corrected chi connectivity index (χ3v) is 5.82. The average Bonchev–Trinajstić information content (AvgIpc) is 2.63. The third-order valence-electron chi connectivity index (χ3n) is 5.82. The van der Waals surface area contributed by atoms with Crippen molar-refractivity contribution in [1.82, 2.24) is 15.5 Å². The van der Waals surface area contributed by atoms with Crippen LogP contribution in [0.3, 0.4) is 0 Å². The highest BCUT2D eigenvalue weighted by Gasteiger charge is 2.31. The Bertz CT molecular complexity index is 406. The normalized spacial score (nSPS) is 25.3. The lowest BCUT2D eigenvalue weighted by atomic mass is 9.91. The second-order valence-corrected chi connectivity index (χ2v) is 7.47. The number of rotatable bonds is 3. The van der Waals surface area contributed by atoms with Crippen LogP contribution < -0.4 is 10.6 Å².